The molecule has 0 spiro atoms. The van der Waals surface area contributed by atoms with Crippen molar-refractivity contribution in [2.45, 2.75) is 57.6 Å². The number of phenols is 4. The van der Waals surface area contributed by atoms with Gasteiger partial charge in [-0.15, -0.1) is 6.58 Å². The van der Waals surface area contributed by atoms with Gasteiger partial charge >= 0.3 is 23.9 Å². The average Bonchev–Trinajstić information content (AvgIpc) is 3.08. The van der Waals surface area contributed by atoms with E-state index in [-0.39, 0.29) is 17.7 Å². The molecule has 4 N–H and O–H groups in total. The standard InChI is InChI=1S/C35H36O16/c1-4-18-19-11-12-45-32(43)23(19)14-47-34(18)51-35-31(50-33(44)21-8-6-10-25(39)29(21)42)30(48-17(3)37)22(27(49-35)15-46-16(2)36)13-26(40)20-7-5-9-24(38)28(20)41/h4-10,14,18-19,22,27,30-31,34-35,38-39,41-42H,1,11-13,15H2,2-3H3. The molecule has 0 radical (unpaired) electrons. The van der Waals surface area contributed by atoms with Gasteiger partial charge in [0.1, 0.15) is 24.4 Å². The lowest BCUT2D eigenvalue weighted by atomic mass is 9.80. The third-order valence-corrected chi connectivity index (χ3v) is 8.71. The van der Waals surface area contributed by atoms with Crippen LogP contribution in [0.1, 0.15) is 47.4 Å². The quantitative estimate of drug-likeness (QED) is 0.0863. The Balaban J connectivity index is 1.57. The molecule has 0 saturated carbocycles. The molecule has 2 fully saturated rings. The monoisotopic (exact) mass is 712 g/mol. The molecule has 51 heavy (non-hydrogen) atoms. The van der Waals surface area contributed by atoms with E-state index in [9.17, 15) is 44.4 Å². The second-order valence-electron chi connectivity index (χ2n) is 12.0. The second kappa shape index (κ2) is 15.5. The third-order valence-electron chi connectivity index (χ3n) is 8.71. The maximum atomic E-state index is 13.6. The minimum absolute atomic E-state index is 0.120. The SMILES string of the molecule is C=CC1C(OC2OC(COC(C)=O)C(CC(=O)c3cccc(O)c3O)C(OC(C)=O)C2OC(=O)c2cccc(O)c2O)OC=C2C(=O)OCCC21. The number of hydrogen-bond acceptors (Lipinski definition) is 16. The number of carbonyl (C=O) groups is 5. The topological polar surface area (TPSA) is 231 Å². The predicted molar refractivity (Wildman–Crippen MR) is 169 cm³/mol. The first-order valence-corrected chi connectivity index (χ1v) is 15.8. The molecule has 272 valence electrons. The van der Waals surface area contributed by atoms with Gasteiger partial charge in [-0.1, -0.05) is 18.2 Å². The first kappa shape index (κ1) is 36.7. The molecule has 0 aromatic heterocycles. The molecule has 0 bridgehead atoms. The first-order chi connectivity index (χ1) is 24.3. The maximum absolute atomic E-state index is 13.6. The number of para-hydroxylation sites is 2. The molecule has 2 aromatic carbocycles. The molecule has 3 heterocycles. The van der Waals surface area contributed by atoms with Gasteiger partial charge in [-0.2, -0.15) is 0 Å². The molecule has 2 aromatic rings. The Morgan fingerprint density at radius 2 is 1.57 bits per heavy atom. The number of esters is 4. The highest BCUT2D eigenvalue weighted by molar-refractivity contribution is 5.99. The van der Waals surface area contributed by atoms with Gasteiger partial charge in [0.05, 0.1) is 24.0 Å². The van der Waals surface area contributed by atoms with Crippen molar-refractivity contribution in [3.8, 4) is 23.0 Å². The highest BCUT2D eigenvalue weighted by Crippen LogP contribution is 2.42. The van der Waals surface area contributed by atoms with E-state index in [4.69, 9.17) is 33.2 Å². The first-order valence-electron chi connectivity index (χ1n) is 15.8. The lowest BCUT2D eigenvalue weighted by molar-refractivity contribution is -0.333. The van der Waals surface area contributed by atoms with Gasteiger partial charge in [0, 0.05) is 38.0 Å². The van der Waals surface area contributed by atoms with E-state index < -0.39 is 120 Å². The smallest absolute Gasteiger partial charge is 0.342 e. The number of benzene rings is 2. The fourth-order valence-corrected chi connectivity index (χ4v) is 6.27. The van der Waals surface area contributed by atoms with Gasteiger partial charge in [-0.3, -0.25) is 14.4 Å². The Hall–Kier alpha value is -5.61. The zero-order chi connectivity index (χ0) is 37.0. The van der Waals surface area contributed by atoms with Gasteiger partial charge in [0.15, 0.2) is 34.9 Å². The van der Waals surface area contributed by atoms with Gasteiger partial charge in [0.2, 0.25) is 12.6 Å². The fourth-order valence-electron chi connectivity index (χ4n) is 6.27. The summed E-state index contributed by atoms with van der Waals surface area (Å²) in [4.78, 5) is 64.2. The normalized spacial score (nSPS) is 27.0. The van der Waals surface area contributed by atoms with Crippen molar-refractivity contribution in [3.63, 3.8) is 0 Å². The number of fused-ring (bicyclic) bond motifs is 1. The summed E-state index contributed by atoms with van der Waals surface area (Å²) in [6.45, 7) is 5.64. The molecule has 5 rings (SSSR count). The summed E-state index contributed by atoms with van der Waals surface area (Å²) in [5, 5.41) is 40.9. The molecule has 8 atom stereocenters. The van der Waals surface area contributed by atoms with Crippen molar-refractivity contribution in [1.29, 1.82) is 0 Å². The predicted octanol–water partition coefficient (Wildman–Crippen LogP) is 2.77. The van der Waals surface area contributed by atoms with Crippen molar-refractivity contribution in [1.82, 2.24) is 0 Å². The minimum atomic E-state index is -1.73. The van der Waals surface area contributed by atoms with Crippen LogP contribution in [-0.2, 0) is 47.5 Å². The van der Waals surface area contributed by atoms with E-state index in [1.54, 1.807) is 0 Å². The number of aromatic hydroxyl groups is 4. The van der Waals surface area contributed by atoms with Gasteiger partial charge in [-0.05, 0) is 30.7 Å². The molecule has 3 aliphatic heterocycles. The van der Waals surface area contributed by atoms with Crippen molar-refractivity contribution in [2.75, 3.05) is 13.2 Å². The van der Waals surface area contributed by atoms with Gasteiger partial charge < -0.3 is 53.6 Å². The van der Waals surface area contributed by atoms with Crippen LogP contribution in [0.5, 0.6) is 23.0 Å². The Morgan fingerprint density at radius 3 is 2.22 bits per heavy atom. The maximum Gasteiger partial charge on any atom is 0.342 e. The summed E-state index contributed by atoms with van der Waals surface area (Å²) < 4.78 is 40.1. The number of rotatable bonds is 11. The van der Waals surface area contributed by atoms with Crippen LogP contribution in [0.4, 0.5) is 0 Å². The van der Waals surface area contributed by atoms with Crippen molar-refractivity contribution >= 4 is 29.7 Å². The van der Waals surface area contributed by atoms with E-state index in [1.807, 2.05) is 0 Å². The Morgan fingerprint density at radius 1 is 0.902 bits per heavy atom. The number of Topliss-reactive ketones (excluding diaryl/α,β-unsaturated/α-hetero) is 1. The van der Waals surface area contributed by atoms with Crippen LogP contribution in [0.2, 0.25) is 0 Å². The summed E-state index contributed by atoms with van der Waals surface area (Å²) in [6, 6.07) is 7.27. The average molecular weight is 713 g/mol. The highest BCUT2D eigenvalue weighted by atomic mass is 16.8. The van der Waals surface area contributed by atoms with Crippen LogP contribution in [0, 0.1) is 17.8 Å². The van der Waals surface area contributed by atoms with Crippen LogP contribution in [0.15, 0.2) is 60.9 Å². The van der Waals surface area contributed by atoms with E-state index in [0.29, 0.717) is 6.42 Å². The van der Waals surface area contributed by atoms with E-state index in [1.165, 1.54) is 30.5 Å². The molecule has 3 aliphatic rings. The van der Waals surface area contributed by atoms with E-state index in [0.717, 1.165) is 32.0 Å². The zero-order valence-corrected chi connectivity index (χ0v) is 27.5. The van der Waals surface area contributed by atoms with E-state index in [2.05, 4.69) is 6.58 Å². The zero-order valence-electron chi connectivity index (χ0n) is 27.5. The van der Waals surface area contributed by atoms with Crippen molar-refractivity contribution < 1.29 is 77.6 Å². The lowest BCUT2D eigenvalue weighted by Crippen LogP contribution is -2.60. The molecule has 0 aliphatic carbocycles. The number of ether oxygens (including phenoxy) is 7. The Kier molecular flexibility index (Phi) is 11.2. The Bertz CT molecular complexity index is 1730. The van der Waals surface area contributed by atoms with E-state index >= 15 is 0 Å². The van der Waals surface area contributed by atoms with Crippen LogP contribution in [-0.4, -0.2) is 94.2 Å². The lowest BCUT2D eigenvalue weighted by Gasteiger charge is -2.46. The fraction of sp³-hybridized carbons (Fsp3) is 0.400. The van der Waals surface area contributed by atoms with Crippen LogP contribution < -0.4 is 0 Å². The van der Waals surface area contributed by atoms with Crippen molar-refractivity contribution in [2.24, 2.45) is 17.8 Å². The number of carbonyl (C=O) groups excluding carboxylic acids is 5. The molecular weight excluding hydrogens is 676 g/mol. The number of ketones is 1. The van der Waals surface area contributed by atoms with Crippen LogP contribution in [0.3, 0.4) is 0 Å². The third kappa shape index (κ3) is 7.91. The Labute approximate surface area is 290 Å². The summed E-state index contributed by atoms with van der Waals surface area (Å²) in [5.41, 5.74) is -0.532. The number of hydrogen-bond donors (Lipinski definition) is 4. The molecule has 16 heteroatoms. The van der Waals surface area contributed by atoms with Crippen LogP contribution >= 0.6 is 0 Å². The summed E-state index contributed by atoms with van der Waals surface area (Å²) in [5.74, 6) is -9.32. The summed E-state index contributed by atoms with van der Waals surface area (Å²) in [7, 11) is 0. The second-order valence-corrected chi connectivity index (χ2v) is 12.0. The highest BCUT2D eigenvalue weighted by Gasteiger charge is 2.54. The van der Waals surface area contributed by atoms with Crippen LogP contribution in [0.25, 0.3) is 0 Å². The molecule has 8 unspecified atom stereocenters. The molecule has 2 saturated heterocycles. The van der Waals surface area contributed by atoms with Crippen molar-refractivity contribution in [3.05, 3.63) is 72.0 Å². The number of phenolic OH excluding ortho intramolecular Hbond substituents is 4. The summed E-state index contributed by atoms with van der Waals surface area (Å²) >= 11 is 0. The molecule has 0 amide bonds. The number of cyclic esters (lactones) is 1. The van der Waals surface area contributed by atoms with Gasteiger partial charge in [-0.25, -0.2) is 9.59 Å². The molecular formula is C35H36O16. The molecule has 16 nitrogen and oxygen atoms in total. The van der Waals surface area contributed by atoms with Gasteiger partial charge in [0.25, 0.3) is 0 Å². The summed E-state index contributed by atoms with van der Waals surface area (Å²) in [6.07, 6.45) is -5.06. The largest absolute Gasteiger partial charge is 0.504 e. The minimum Gasteiger partial charge on any atom is -0.504 e.